The average Bonchev–Trinajstić information content (AvgIpc) is 3.53. The number of unbranched alkanes of at least 4 members (excludes halogenated alkanes) is 1. The van der Waals surface area contributed by atoms with E-state index >= 15 is 0 Å². The SMILES string of the molecule is CCCCN(CCC[N+](C)(C)C)C(=O)CN1C[C@H](c2ccc3c(c2)OCO3)C(C(=O)O)[C@@H]1CCc1ncccn1. The first kappa shape index (κ1) is 29.7. The molecule has 3 atom stereocenters. The van der Waals surface area contributed by atoms with E-state index in [9.17, 15) is 14.7 Å². The van der Waals surface area contributed by atoms with Gasteiger partial charge in [-0.15, -0.1) is 0 Å². The van der Waals surface area contributed by atoms with Crippen LogP contribution in [0.25, 0.3) is 0 Å². The third-order valence-corrected chi connectivity index (χ3v) is 7.87. The van der Waals surface area contributed by atoms with E-state index in [0.717, 1.165) is 42.4 Å². The Morgan fingerprint density at radius 2 is 1.82 bits per heavy atom. The van der Waals surface area contributed by atoms with Gasteiger partial charge in [0.2, 0.25) is 12.7 Å². The molecule has 1 unspecified atom stereocenters. The summed E-state index contributed by atoms with van der Waals surface area (Å²) in [6.45, 7) is 5.36. The molecule has 1 aromatic carbocycles. The highest BCUT2D eigenvalue weighted by atomic mass is 16.7. The van der Waals surface area contributed by atoms with Crippen LogP contribution < -0.4 is 9.47 Å². The van der Waals surface area contributed by atoms with Gasteiger partial charge in [0.25, 0.3) is 0 Å². The number of aromatic nitrogens is 2. The summed E-state index contributed by atoms with van der Waals surface area (Å²) in [6, 6.07) is 7.10. The van der Waals surface area contributed by atoms with Crippen molar-refractivity contribution in [2.75, 3.05) is 60.7 Å². The van der Waals surface area contributed by atoms with E-state index < -0.39 is 11.9 Å². The molecule has 3 heterocycles. The standard InChI is InChI=1S/C30H43N5O5/c1-5-6-15-33(16-8-17-35(2,3)4)28(36)20-34-19-23(22-9-11-25-26(18-22)40-21-39-25)29(30(37)38)24(34)10-12-27-31-13-7-14-32-27/h7,9,11,13-14,18,23-24,29H,5-6,8,10,12,15-17,19-21H2,1-4H3/p+1/t23-,24+,29?/m1/s1. The number of carboxylic acid groups (broad SMARTS) is 1. The summed E-state index contributed by atoms with van der Waals surface area (Å²) in [5.74, 6) is 0.207. The van der Waals surface area contributed by atoms with Gasteiger partial charge in [-0.05, 0) is 36.6 Å². The zero-order valence-corrected chi connectivity index (χ0v) is 24.3. The molecule has 40 heavy (non-hydrogen) atoms. The van der Waals surface area contributed by atoms with Crippen molar-refractivity contribution in [3.05, 3.63) is 48.0 Å². The Morgan fingerprint density at radius 1 is 1.10 bits per heavy atom. The monoisotopic (exact) mass is 554 g/mol. The Bertz CT molecular complexity index is 1140. The molecule has 0 radical (unpaired) electrons. The normalized spacial score (nSPS) is 20.6. The van der Waals surface area contributed by atoms with Gasteiger partial charge in [-0.1, -0.05) is 19.4 Å². The molecular formula is C30H44N5O5+. The van der Waals surface area contributed by atoms with Crippen LogP contribution in [0.5, 0.6) is 11.5 Å². The minimum atomic E-state index is -0.859. The van der Waals surface area contributed by atoms with Crippen molar-refractivity contribution in [1.29, 1.82) is 0 Å². The van der Waals surface area contributed by atoms with E-state index in [4.69, 9.17) is 9.47 Å². The number of carboxylic acids is 1. The van der Waals surface area contributed by atoms with Crippen molar-refractivity contribution >= 4 is 11.9 Å². The number of quaternary nitrogens is 1. The van der Waals surface area contributed by atoms with Gasteiger partial charge in [0.15, 0.2) is 11.5 Å². The third kappa shape index (κ3) is 7.69. The largest absolute Gasteiger partial charge is 0.481 e. The predicted molar refractivity (Wildman–Crippen MR) is 151 cm³/mol. The molecule has 10 heteroatoms. The smallest absolute Gasteiger partial charge is 0.308 e. The number of hydrogen-bond donors (Lipinski definition) is 1. The van der Waals surface area contributed by atoms with E-state index in [2.05, 4.69) is 42.9 Å². The Morgan fingerprint density at radius 3 is 2.52 bits per heavy atom. The van der Waals surface area contributed by atoms with Gasteiger partial charge in [-0.2, -0.15) is 0 Å². The first-order valence-electron chi connectivity index (χ1n) is 14.4. The molecule has 4 rings (SSSR count). The summed E-state index contributed by atoms with van der Waals surface area (Å²) in [5.41, 5.74) is 0.887. The highest BCUT2D eigenvalue weighted by molar-refractivity contribution is 5.79. The van der Waals surface area contributed by atoms with Crippen LogP contribution in [-0.4, -0.2) is 108 Å². The molecule has 1 N–H and O–H groups in total. The number of amides is 1. The molecule has 2 aromatic rings. The second kappa shape index (κ2) is 13.4. The lowest BCUT2D eigenvalue weighted by atomic mass is 9.83. The second-order valence-electron chi connectivity index (χ2n) is 11.9. The van der Waals surface area contributed by atoms with Gasteiger partial charge < -0.3 is 24.0 Å². The quantitative estimate of drug-likeness (QED) is 0.356. The van der Waals surface area contributed by atoms with Crippen LogP contribution >= 0.6 is 0 Å². The number of aryl methyl sites for hydroxylation is 1. The summed E-state index contributed by atoms with van der Waals surface area (Å²) in [7, 11) is 6.48. The summed E-state index contributed by atoms with van der Waals surface area (Å²) in [6.07, 6.45) is 7.36. The number of likely N-dealkylation sites (tertiary alicyclic amines) is 1. The van der Waals surface area contributed by atoms with Crippen LogP contribution in [0.1, 0.15) is 49.9 Å². The maximum absolute atomic E-state index is 13.7. The number of carbonyl (C=O) groups is 2. The third-order valence-electron chi connectivity index (χ3n) is 7.87. The van der Waals surface area contributed by atoms with Crippen molar-refractivity contribution in [2.24, 2.45) is 5.92 Å². The lowest BCUT2D eigenvalue weighted by Gasteiger charge is -2.30. The van der Waals surface area contributed by atoms with E-state index in [1.807, 2.05) is 23.1 Å². The second-order valence-corrected chi connectivity index (χ2v) is 11.9. The van der Waals surface area contributed by atoms with Crippen molar-refractivity contribution in [2.45, 2.75) is 51.0 Å². The van der Waals surface area contributed by atoms with Crippen molar-refractivity contribution in [3.63, 3.8) is 0 Å². The lowest BCUT2D eigenvalue weighted by molar-refractivity contribution is -0.870. The number of benzene rings is 1. The van der Waals surface area contributed by atoms with Crippen LogP contribution in [0, 0.1) is 5.92 Å². The molecule has 0 aliphatic carbocycles. The fraction of sp³-hybridized carbons (Fsp3) is 0.600. The molecule has 0 saturated carbocycles. The summed E-state index contributed by atoms with van der Waals surface area (Å²) in [4.78, 5) is 39.2. The van der Waals surface area contributed by atoms with Crippen LogP contribution in [0.2, 0.25) is 0 Å². The van der Waals surface area contributed by atoms with Crippen molar-refractivity contribution in [3.8, 4) is 11.5 Å². The highest BCUT2D eigenvalue weighted by Crippen LogP contribution is 2.43. The molecule has 1 aromatic heterocycles. The van der Waals surface area contributed by atoms with Crippen molar-refractivity contribution in [1.82, 2.24) is 19.8 Å². The van der Waals surface area contributed by atoms with Gasteiger partial charge in [0.1, 0.15) is 5.82 Å². The predicted octanol–water partition coefficient (Wildman–Crippen LogP) is 3.03. The average molecular weight is 555 g/mol. The number of aliphatic carboxylic acids is 1. The van der Waals surface area contributed by atoms with E-state index in [1.165, 1.54) is 0 Å². The van der Waals surface area contributed by atoms with E-state index in [-0.39, 0.29) is 31.2 Å². The number of carbonyl (C=O) groups excluding carboxylic acids is 1. The zero-order chi connectivity index (χ0) is 28.7. The lowest BCUT2D eigenvalue weighted by Crippen LogP contribution is -2.45. The van der Waals surface area contributed by atoms with E-state index in [0.29, 0.717) is 43.3 Å². The number of hydrogen-bond acceptors (Lipinski definition) is 7. The summed E-state index contributed by atoms with van der Waals surface area (Å²) >= 11 is 0. The Hall–Kier alpha value is -3.24. The van der Waals surface area contributed by atoms with E-state index in [1.54, 1.807) is 18.5 Å². The highest BCUT2D eigenvalue weighted by Gasteiger charge is 2.47. The summed E-state index contributed by atoms with van der Waals surface area (Å²) in [5, 5.41) is 10.5. The van der Waals surface area contributed by atoms with Crippen molar-refractivity contribution < 1.29 is 28.7 Å². The molecule has 0 bridgehead atoms. The molecule has 1 amide bonds. The van der Waals surface area contributed by atoms with Crippen LogP contribution in [-0.2, 0) is 16.0 Å². The first-order chi connectivity index (χ1) is 19.2. The Kier molecular flexibility index (Phi) is 9.97. The van der Waals surface area contributed by atoms with Crippen LogP contribution in [0.4, 0.5) is 0 Å². The summed E-state index contributed by atoms with van der Waals surface area (Å²) < 4.78 is 11.9. The van der Waals surface area contributed by atoms with Gasteiger partial charge in [-0.3, -0.25) is 14.5 Å². The Labute approximate surface area is 237 Å². The molecule has 1 saturated heterocycles. The fourth-order valence-corrected chi connectivity index (χ4v) is 5.79. The number of fused-ring (bicyclic) bond motifs is 1. The van der Waals surface area contributed by atoms with Crippen LogP contribution in [0.3, 0.4) is 0 Å². The first-order valence-corrected chi connectivity index (χ1v) is 14.4. The molecule has 2 aliphatic heterocycles. The molecule has 2 aliphatic rings. The zero-order valence-electron chi connectivity index (χ0n) is 24.3. The minimum Gasteiger partial charge on any atom is -0.481 e. The minimum absolute atomic E-state index is 0.0614. The number of nitrogens with zero attached hydrogens (tertiary/aromatic N) is 5. The molecule has 218 valence electrons. The maximum atomic E-state index is 13.7. The molecule has 10 nitrogen and oxygen atoms in total. The number of rotatable bonds is 14. The topological polar surface area (TPSA) is 105 Å². The van der Waals surface area contributed by atoms with Crippen LogP contribution in [0.15, 0.2) is 36.7 Å². The molecule has 1 fully saturated rings. The molecular weight excluding hydrogens is 510 g/mol. The van der Waals surface area contributed by atoms with Gasteiger partial charge in [0.05, 0.1) is 40.2 Å². The maximum Gasteiger partial charge on any atom is 0.308 e. The van der Waals surface area contributed by atoms with Gasteiger partial charge >= 0.3 is 5.97 Å². The van der Waals surface area contributed by atoms with Gasteiger partial charge in [0, 0.05) is 56.8 Å². The van der Waals surface area contributed by atoms with Gasteiger partial charge in [-0.25, -0.2) is 9.97 Å². The molecule has 0 spiro atoms. The number of ether oxygens (including phenoxy) is 2. The Balaban J connectivity index is 1.56. The fourth-order valence-electron chi connectivity index (χ4n) is 5.79.